The van der Waals surface area contributed by atoms with Gasteiger partial charge in [-0.2, -0.15) is 0 Å². The van der Waals surface area contributed by atoms with Crippen LogP contribution in [0.25, 0.3) is 0 Å². The lowest BCUT2D eigenvalue weighted by molar-refractivity contribution is -0.145. The van der Waals surface area contributed by atoms with E-state index in [1.807, 2.05) is 0 Å². The Kier molecular flexibility index (Phi) is 10.4. The first-order chi connectivity index (χ1) is 12.5. The van der Waals surface area contributed by atoms with Gasteiger partial charge in [-0.05, 0) is 19.8 Å². The molecule has 0 saturated carbocycles. The van der Waals surface area contributed by atoms with Crippen molar-refractivity contribution >= 4 is 29.7 Å². The van der Waals surface area contributed by atoms with Crippen LogP contribution in [0.15, 0.2) is 4.99 Å². The highest BCUT2D eigenvalue weighted by atomic mass is 16.4. The fourth-order valence-electron chi connectivity index (χ4n) is 1.97. The molecule has 0 aliphatic rings. The number of amides is 2. The molecule has 0 aromatic heterocycles. The zero-order valence-electron chi connectivity index (χ0n) is 14.8. The van der Waals surface area contributed by atoms with Crippen molar-refractivity contribution in [1.29, 1.82) is 0 Å². The average Bonchev–Trinajstić information content (AvgIpc) is 2.53. The number of carbonyl (C=O) groups is 4. The van der Waals surface area contributed by atoms with Crippen LogP contribution in [-0.2, 0) is 19.2 Å². The second kappa shape index (κ2) is 11.6. The van der Waals surface area contributed by atoms with Crippen LogP contribution in [0.5, 0.6) is 0 Å². The molecule has 0 bridgehead atoms. The van der Waals surface area contributed by atoms with E-state index in [2.05, 4.69) is 15.6 Å². The molecule has 0 fully saturated rings. The number of guanidine groups is 1. The fourth-order valence-corrected chi connectivity index (χ4v) is 1.97. The van der Waals surface area contributed by atoms with E-state index in [-0.39, 0.29) is 25.3 Å². The van der Waals surface area contributed by atoms with Crippen LogP contribution in [0.1, 0.15) is 26.2 Å². The molecule has 0 radical (unpaired) electrons. The van der Waals surface area contributed by atoms with Gasteiger partial charge in [0.1, 0.15) is 6.04 Å². The molecule has 0 rings (SSSR count). The highest BCUT2D eigenvalue weighted by Gasteiger charge is 2.30. The number of aliphatic hydroxyl groups excluding tert-OH is 1. The second-order valence-electron chi connectivity index (χ2n) is 5.78. The SMILES string of the molecule is CC(O)C(NC(=O)C(CCCN=C(N)N)NC(=O)C(N)CC(=O)O)C(=O)O. The Morgan fingerprint density at radius 2 is 1.67 bits per heavy atom. The van der Waals surface area contributed by atoms with E-state index >= 15 is 0 Å². The number of aliphatic carboxylic acids is 2. The zero-order chi connectivity index (χ0) is 21.1. The Balaban J connectivity index is 5.12. The smallest absolute Gasteiger partial charge is 0.328 e. The molecule has 0 spiro atoms. The minimum atomic E-state index is -1.60. The molecule has 0 heterocycles. The molecule has 0 aliphatic carbocycles. The Morgan fingerprint density at radius 1 is 1.07 bits per heavy atom. The lowest BCUT2D eigenvalue weighted by Crippen LogP contribution is -2.56. The summed E-state index contributed by atoms with van der Waals surface area (Å²) in [6.07, 6.45) is -1.78. The van der Waals surface area contributed by atoms with Crippen LogP contribution in [0.2, 0.25) is 0 Å². The second-order valence-corrected chi connectivity index (χ2v) is 5.78. The molecule has 2 amide bonds. The van der Waals surface area contributed by atoms with Crippen molar-refractivity contribution in [3.05, 3.63) is 0 Å². The Labute approximate surface area is 155 Å². The van der Waals surface area contributed by atoms with E-state index in [1.54, 1.807) is 0 Å². The fraction of sp³-hybridized carbons (Fsp3) is 0.643. The Morgan fingerprint density at radius 3 is 2.11 bits per heavy atom. The summed E-state index contributed by atoms with van der Waals surface area (Å²) in [5.41, 5.74) is 15.8. The summed E-state index contributed by atoms with van der Waals surface area (Å²) in [5, 5.41) is 31.5. The third-order valence-corrected chi connectivity index (χ3v) is 3.36. The quantitative estimate of drug-likeness (QED) is 0.0919. The van der Waals surface area contributed by atoms with Crippen LogP contribution in [0, 0.1) is 0 Å². The van der Waals surface area contributed by atoms with Crippen LogP contribution in [-0.4, -0.2) is 75.8 Å². The molecule has 154 valence electrons. The Hall–Kier alpha value is -2.93. The van der Waals surface area contributed by atoms with Gasteiger partial charge in [0.15, 0.2) is 12.0 Å². The molecular formula is C14H26N6O7. The van der Waals surface area contributed by atoms with Crippen molar-refractivity contribution in [1.82, 2.24) is 10.6 Å². The average molecular weight is 390 g/mol. The van der Waals surface area contributed by atoms with Gasteiger partial charge in [0.25, 0.3) is 0 Å². The van der Waals surface area contributed by atoms with Crippen LogP contribution in [0.4, 0.5) is 0 Å². The van der Waals surface area contributed by atoms with Gasteiger partial charge in [0.05, 0.1) is 18.6 Å². The lowest BCUT2D eigenvalue weighted by Gasteiger charge is -2.23. The largest absolute Gasteiger partial charge is 0.481 e. The van der Waals surface area contributed by atoms with Gasteiger partial charge in [-0.25, -0.2) is 4.79 Å². The number of carbonyl (C=O) groups excluding carboxylic acids is 2. The van der Waals surface area contributed by atoms with Crippen molar-refractivity contribution in [3.63, 3.8) is 0 Å². The van der Waals surface area contributed by atoms with Gasteiger partial charge >= 0.3 is 11.9 Å². The molecule has 27 heavy (non-hydrogen) atoms. The van der Waals surface area contributed by atoms with Crippen molar-refractivity contribution < 1.29 is 34.5 Å². The summed E-state index contributed by atoms with van der Waals surface area (Å²) in [4.78, 5) is 49.7. The van der Waals surface area contributed by atoms with Gasteiger partial charge in [0, 0.05) is 6.54 Å². The van der Waals surface area contributed by atoms with E-state index in [4.69, 9.17) is 27.4 Å². The number of carboxylic acid groups (broad SMARTS) is 2. The van der Waals surface area contributed by atoms with Crippen molar-refractivity contribution in [2.45, 2.75) is 50.4 Å². The van der Waals surface area contributed by atoms with E-state index in [0.29, 0.717) is 0 Å². The number of hydrogen-bond acceptors (Lipinski definition) is 7. The molecule has 0 aromatic rings. The summed E-state index contributed by atoms with van der Waals surface area (Å²) in [7, 11) is 0. The van der Waals surface area contributed by atoms with E-state index < -0.39 is 54.4 Å². The lowest BCUT2D eigenvalue weighted by atomic mass is 10.1. The Bertz CT molecular complexity index is 576. The molecule has 4 atom stereocenters. The number of carboxylic acids is 2. The van der Waals surface area contributed by atoms with Gasteiger partial charge < -0.3 is 43.2 Å². The molecular weight excluding hydrogens is 364 g/mol. The first-order valence-corrected chi connectivity index (χ1v) is 8.00. The van der Waals surface area contributed by atoms with E-state index in [9.17, 15) is 24.3 Å². The number of nitrogens with two attached hydrogens (primary N) is 3. The molecule has 4 unspecified atom stereocenters. The number of hydrogen-bond donors (Lipinski definition) is 8. The van der Waals surface area contributed by atoms with Crippen LogP contribution in [0.3, 0.4) is 0 Å². The maximum absolute atomic E-state index is 12.3. The van der Waals surface area contributed by atoms with Gasteiger partial charge in [0.2, 0.25) is 11.8 Å². The van der Waals surface area contributed by atoms with Gasteiger partial charge in [-0.1, -0.05) is 0 Å². The highest BCUT2D eigenvalue weighted by Crippen LogP contribution is 2.03. The molecule has 0 saturated heterocycles. The third kappa shape index (κ3) is 9.96. The number of rotatable bonds is 12. The molecule has 11 N–H and O–H groups in total. The first-order valence-electron chi connectivity index (χ1n) is 8.00. The zero-order valence-corrected chi connectivity index (χ0v) is 14.8. The summed E-state index contributed by atoms with van der Waals surface area (Å²) >= 11 is 0. The molecule has 0 aliphatic heterocycles. The summed E-state index contributed by atoms with van der Waals surface area (Å²) in [6.45, 7) is 1.32. The highest BCUT2D eigenvalue weighted by molar-refractivity contribution is 5.93. The van der Waals surface area contributed by atoms with E-state index in [1.165, 1.54) is 6.92 Å². The van der Waals surface area contributed by atoms with Gasteiger partial charge in [-0.15, -0.1) is 0 Å². The molecule has 13 heteroatoms. The molecule has 13 nitrogen and oxygen atoms in total. The van der Waals surface area contributed by atoms with Crippen molar-refractivity contribution in [3.8, 4) is 0 Å². The maximum Gasteiger partial charge on any atom is 0.328 e. The maximum atomic E-state index is 12.3. The van der Waals surface area contributed by atoms with Gasteiger partial charge in [-0.3, -0.25) is 19.4 Å². The first kappa shape index (κ1) is 24.1. The normalized spacial score (nSPS) is 14.9. The topological polar surface area (TPSA) is 243 Å². The predicted octanol–water partition coefficient (Wildman–Crippen LogP) is -3.72. The minimum absolute atomic E-state index is 0.0142. The monoisotopic (exact) mass is 390 g/mol. The number of aliphatic imine (C=N–C) groups is 1. The summed E-state index contributed by atoms with van der Waals surface area (Å²) in [5.74, 6) is -4.71. The minimum Gasteiger partial charge on any atom is -0.481 e. The third-order valence-electron chi connectivity index (χ3n) is 3.36. The summed E-state index contributed by atoms with van der Waals surface area (Å²) in [6, 6.07) is -4.23. The van der Waals surface area contributed by atoms with Crippen LogP contribution < -0.4 is 27.8 Å². The van der Waals surface area contributed by atoms with Crippen molar-refractivity contribution in [2.75, 3.05) is 6.54 Å². The number of nitrogens with zero attached hydrogens (tertiary/aromatic N) is 1. The number of nitrogens with one attached hydrogen (secondary N) is 2. The number of aliphatic hydroxyl groups is 1. The predicted molar refractivity (Wildman–Crippen MR) is 93.3 cm³/mol. The summed E-state index contributed by atoms with van der Waals surface area (Å²) < 4.78 is 0. The standard InChI is InChI=1S/C14H26N6O7/c1-6(21)10(13(26)27)20-12(25)8(3-2-4-18-14(16)17)19-11(24)7(15)5-9(22)23/h6-8,10,21H,2-5,15H2,1H3,(H,19,24)(H,20,25)(H,22,23)(H,26,27)(H4,16,17,18). The van der Waals surface area contributed by atoms with Crippen molar-refractivity contribution in [2.24, 2.45) is 22.2 Å². The molecule has 0 aromatic carbocycles. The van der Waals surface area contributed by atoms with E-state index in [0.717, 1.165) is 0 Å². The van der Waals surface area contributed by atoms with Crippen LogP contribution >= 0.6 is 0 Å².